The Morgan fingerprint density at radius 3 is 2.82 bits per heavy atom. The molecule has 2 amide bonds. The Bertz CT molecular complexity index is 562. The van der Waals surface area contributed by atoms with Gasteiger partial charge in [0.1, 0.15) is 0 Å². The van der Waals surface area contributed by atoms with Crippen LogP contribution in [-0.4, -0.2) is 24.4 Å². The number of hydrogen-bond donors (Lipinski definition) is 3. The Hall–Kier alpha value is -1.59. The number of halogens is 1. The Balaban J connectivity index is 2.15. The van der Waals surface area contributed by atoms with Crippen LogP contribution in [0.3, 0.4) is 0 Å². The number of nitrogens with one attached hydrogen (secondary N) is 2. The Morgan fingerprint density at radius 2 is 2.14 bits per heavy atom. The van der Waals surface area contributed by atoms with Crippen LogP contribution in [0.1, 0.15) is 43.0 Å². The van der Waals surface area contributed by atoms with Crippen molar-refractivity contribution in [1.29, 1.82) is 0 Å². The van der Waals surface area contributed by atoms with Gasteiger partial charge in [0.05, 0.1) is 11.3 Å². The van der Waals surface area contributed by atoms with Gasteiger partial charge in [-0.05, 0) is 44.4 Å². The number of anilines is 1. The van der Waals surface area contributed by atoms with Gasteiger partial charge in [0, 0.05) is 23.5 Å². The van der Waals surface area contributed by atoms with E-state index in [1.807, 2.05) is 6.92 Å². The quantitative estimate of drug-likeness (QED) is 0.796. The van der Waals surface area contributed by atoms with Crippen LogP contribution in [-0.2, 0) is 4.79 Å². The molecule has 0 spiro atoms. The van der Waals surface area contributed by atoms with Crippen LogP contribution in [0.4, 0.5) is 5.69 Å². The molecule has 4 N–H and O–H groups in total. The molecule has 2 unspecified atom stereocenters. The van der Waals surface area contributed by atoms with Crippen LogP contribution >= 0.6 is 11.6 Å². The van der Waals surface area contributed by atoms with E-state index in [-0.39, 0.29) is 23.8 Å². The lowest BCUT2D eigenvalue weighted by Crippen LogP contribution is -2.34. The fourth-order valence-electron chi connectivity index (χ4n) is 2.77. The van der Waals surface area contributed by atoms with Crippen molar-refractivity contribution in [2.24, 2.45) is 11.7 Å². The predicted octanol–water partition coefficient (Wildman–Crippen LogP) is 2.55. The lowest BCUT2D eigenvalue weighted by molar-refractivity contribution is -0.120. The maximum absolute atomic E-state index is 12.4. The number of nitrogens with two attached hydrogens (primary N) is 1. The normalized spacial score (nSPS) is 21.2. The van der Waals surface area contributed by atoms with Crippen molar-refractivity contribution >= 4 is 29.1 Å². The van der Waals surface area contributed by atoms with E-state index in [4.69, 9.17) is 17.3 Å². The number of hydrogen-bond acceptors (Lipinski definition) is 3. The van der Waals surface area contributed by atoms with E-state index in [0.717, 1.165) is 19.3 Å². The molecule has 0 bridgehead atoms. The summed E-state index contributed by atoms with van der Waals surface area (Å²) in [5.41, 5.74) is 6.80. The van der Waals surface area contributed by atoms with E-state index < -0.39 is 0 Å². The van der Waals surface area contributed by atoms with Gasteiger partial charge in [-0.15, -0.1) is 0 Å². The second kappa shape index (κ2) is 7.61. The van der Waals surface area contributed by atoms with E-state index in [9.17, 15) is 9.59 Å². The lowest BCUT2D eigenvalue weighted by atomic mass is 9.85. The van der Waals surface area contributed by atoms with Crippen LogP contribution < -0.4 is 16.4 Å². The fraction of sp³-hybridized carbons (Fsp3) is 0.500. The number of amides is 2. The van der Waals surface area contributed by atoms with Gasteiger partial charge in [0.15, 0.2) is 0 Å². The summed E-state index contributed by atoms with van der Waals surface area (Å²) in [4.78, 5) is 24.5. The molecule has 0 heterocycles. The third kappa shape index (κ3) is 4.21. The second-order valence-electron chi connectivity index (χ2n) is 5.66. The molecule has 120 valence electrons. The maximum Gasteiger partial charge on any atom is 0.253 e. The lowest BCUT2D eigenvalue weighted by Gasteiger charge is -2.26. The van der Waals surface area contributed by atoms with Gasteiger partial charge in [0.25, 0.3) is 5.91 Å². The Morgan fingerprint density at radius 1 is 1.36 bits per heavy atom. The minimum atomic E-state index is -0.227. The van der Waals surface area contributed by atoms with Crippen LogP contribution in [0.5, 0.6) is 0 Å². The highest BCUT2D eigenvalue weighted by atomic mass is 35.5. The summed E-state index contributed by atoms with van der Waals surface area (Å²) in [6.45, 7) is 2.36. The monoisotopic (exact) mass is 323 g/mol. The molecule has 0 aromatic heterocycles. The minimum Gasteiger partial charge on any atom is -0.352 e. The molecular formula is C16H22ClN3O2. The van der Waals surface area contributed by atoms with Crippen LogP contribution in [0.25, 0.3) is 0 Å². The Labute approximate surface area is 135 Å². The van der Waals surface area contributed by atoms with Gasteiger partial charge in [-0.25, -0.2) is 0 Å². The zero-order valence-corrected chi connectivity index (χ0v) is 13.5. The summed E-state index contributed by atoms with van der Waals surface area (Å²) in [6, 6.07) is 4.94. The largest absolute Gasteiger partial charge is 0.352 e. The zero-order valence-electron chi connectivity index (χ0n) is 12.7. The molecule has 22 heavy (non-hydrogen) atoms. The van der Waals surface area contributed by atoms with Crippen molar-refractivity contribution in [2.45, 2.75) is 38.6 Å². The SMILES string of the molecule is CCNC(=O)c1ccc(Cl)cc1NC(=O)C1CCCC(N)C1. The van der Waals surface area contributed by atoms with Crippen LogP contribution in [0, 0.1) is 5.92 Å². The summed E-state index contributed by atoms with van der Waals surface area (Å²) in [7, 11) is 0. The topological polar surface area (TPSA) is 84.2 Å². The maximum atomic E-state index is 12.4. The van der Waals surface area contributed by atoms with Gasteiger partial charge in [-0.2, -0.15) is 0 Å². The van der Waals surface area contributed by atoms with Crippen molar-refractivity contribution < 1.29 is 9.59 Å². The highest BCUT2D eigenvalue weighted by Gasteiger charge is 2.26. The first kappa shape index (κ1) is 16.8. The van der Waals surface area contributed by atoms with E-state index in [2.05, 4.69) is 10.6 Å². The summed E-state index contributed by atoms with van der Waals surface area (Å²) >= 11 is 5.99. The number of carbonyl (C=O) groups excluding carboxylic acids is 2. The number of carbonyl (C=O) groups is 2. The molecule has 6 heteroatoms. The number of rotatable bonds is 4. The fourth-order valence-corrected chi connectivity index (χ4v) is 2.95. The molecule has 0 radical (unpaired) electrons. The molecular weight excluding hydrogens is 302 g/mol. The average molecular weight is 324 g/mol. The third-order valence-corrected chi connectivity index (χ3v) is 4.14. The highest BCUT2D eigenvalue weighted by molar-refractivity contribution is 6.31. The van der Waals surface area contributed by atoms with Crippen molar-refractivity contribution in [2.75, 3.05) is 11.9 Å². The van der Waals surface area contributed by atoms with Crippen LogP contribution in [0.15, 0.2) is 18.2 Å². The van der Waals surface area contributed by atoms with Gasteiger partial charge in [-0.3, -0.25) is 9.59 Å². The molecule has 1 aliphatic rings. The molecule has 0 aliphatic heterocycles. The predicted molar refractivity (Wildman–Crippen MR) is 88.0 cm³/mol. The van der Waals surface area contributed by atoms with Gasteiger partial charge in [-0.1, -0.05) is 18.0 Å². The Kier molecular flexibility index (Phi) is 5.80. The molecule has 2 rings (SSSR count). The first-order chi connectivity index (χ1) is 10.5. The summed E-state index contributed by atoms with van der Waals surface area (Å²) in [5, 5.41) is 6.05. The highest BCUT2D eigenvalue weighted by Crippen LogP contribution is 2.26. The van der Waals surface area contributed by atoms with Gasteiger partial charge >= 0.3 is 0 Å². The molecule has 1 fully saturated rings. The van der Waals surface area contributed by atoms with Crippen molar-refractivity contribution in [3.8, 4) is 0 Å². The summed E-state index contributed by atoms with van der Waals surface area (Å²) < 4.78 is 0. The average Bonchev–Trinajstić information content (AvgIpc) is 2.47. The standard InChI is InChI=1S/C16H22ClN3O2/c1-2-19-16(22)13-7-6-11(17)9-14(13)20-15(21)10-4-3-5-12(18)8-10/h6-7,9-10,12H,2-5,8,18H2,1H3,(H,19,22)(H,20,21). The molecule has 0 saturated heterocycles. The molecule has 5 nitrogen and oxygen atoms in total. The summed E-state index contributed by atoms with van der Waals surface area (Å²) in [6.07, 6.45) is 3.43. The van der Waals surface area contributed by atoms with Crippen molar-refractivity contribution in [3.63, 3.8) is 0 Å². The van der Waals surface area contributed by atoms with E-state index in [0.29, 0.717) is 29.2 Å². The first-order valence-electron chi connectivity index (χ1n) is 7.65. The molecule has 1 saturated carbocycles. The van der Waals surface area contributed by atoms with E-state index in [1.165, 1.54) is 0 Å². The first-order valence-corrected chi connectivity index (χ1v) is 8.03. The smallest absolute Gasteiger partial charge is 0.253 e. The number of benzene rings is 1. The van der Waals surface area contributed by atoms with E-state index >= 15 is 0 Å². The van der Waals surface area contributed by atoms with Gasteiger partial charge in [0.2, 0.25) is 5.91 Å². The molecule has 1 aliphatic carbocycles. The second-order valence-corrected chi connectivity index (χ2v) is 6.10. The van der Waals surface area contributed by atoms with E-state index in [1.54, 1.807) is 18.2 Å². The molecule has 1 aromatic rings. The minimum absolute atomic E-state index is 0.0757. The van der Waals surface area contributed by atoms with Gasteiger partial charge < -0.3 is 16.4 Å². The molecule has 2 atom stereocenters. The third-order valence-electron chi connectivity index (χ3n) is 3.91. The van der Waals surface area contributed by atoms with Crippen LogP contribution in [0.2, 0.25) is 5.02 Å². The van der Waals surface area contributed by atoms with Crippen molar-refractivity contribution in [3.05, 3.63) is 28.8 Å². The zero-order chi connectivity index (χ0) is 16.1. The van der Waals surface area contributed by atoms with Crippen molar-refractivity contribution in [1.82, 2.24) is 5.32 Å². The molecule has 1 aromatic carbocycles. The summed E-state index contributed by atoms with van der Waals surface area (Å²) in [5.74, 6) is -0.428.